The molecule has 1 saturated heterocycles. The third-order valence-electron chi connectivity index (χ3n) is 3.90. The van der Waals surface area contributed by atoms with Crippen LogP contribution >= 0.6 is 24.0 Å². The molecule has 0 atom stereocenters. The van der Waals surface area contributed by atoms with Crippen LogP contribution in [0, 0.1) is 0 Å². The quantitative estimate of drug-likeness (QED) is 0.750. The fourth-order valence-corrected chi connectivity index (χ4v) is 2.84. The molecule has 6 nitrogen and oxygen atoms in total. The Kier molecular flexibility index (Phi) is 7.05. The van der Waals surface area contributed by atoms with E-state index in [0.29, 0.717) is 23.0 Å². The Morgan fingerprint density at radius 3 is 2.79 bits per heavy atom. The fourth-order valence-electron chi connectivity index (χ4n) is 2.60. The summed E-state index contributed by atoms with van der Waals surface area (Å²) in [6.45, 7) is 5.55. The Labute approximate surface area is 152 Å². The summed E-state index contributed by atoms with van der Waals surface area (Å²) in [7, 11) is 0. The number of rotatable bonds is 5. The summed E-state index contributed by atoms with van der Waals surface area (Å²) in [5, 5.41) is 13.8. The van der Waals surface area contributed by atoms with E-state index >= 15 is 0 Å². The normalized spacial score (nSPS) is 14.9. The number of nitrogens with zero attached hydrogens (tertiary/aromatic N) is 2. The van der Waals surface area contributed by atoms with Crippen LogP contribution in [0.5, 0.6) is 0 Å². The molecule has 1 fully saturated rings. The monoisotopic (exact) mass is 369 g/mol. The average molecular weight is 370 g/mol. The van der Waals surface area contributed by atoms with E-state index in [4.69, 9.17) is 11.6 Å². The molecule has 3 N–H and O–H groups in total. The van der Waals surface area contributed by atoms with E-state index in [9.17, 15) is 4.79 Å². The van der Waals surface area contributed by atoms with Crippen LogP contribution in [0.2, 0.25) is 5.02 Å². The second kappa shape index (κ2) is 9.03. The highest BCUT2D eigenvalue weighted by atomic mass is 35.5. The molecule has 0 aliphatic carbocycles. The predicted molar refractivity (Wildman–Crippen MR) is 97.9 cm³/mol. The largest absolute Gasteiger partial charge is 0.349 e. The number of hydrogen-bond acceptors (Lipinski definition) is 4. The van der Waals surface area contributed by atoms with Crippen LogP contribution in [0.4, 0.5) is 0 Å². The van der Waals surface area contributed by atoms with Gasteiger partial charge in [0.2, 0.25) is 0 Å². The summed E-state index contributed by atoms with van der Waals surface area (Å²) >= 11 is 6.15. The second-order valence-electron chi connectivity index (χ2n) is 5.49. The predicted octanol–water partition coefficient (Wildman–Crippen LogP) is 1.79. The summed E-state index contributed by atoms with van der Waals surface area (Å²) in [4.78, 5) is 14.5. The number of aromatic amines is 1. The maximum Gasteiger partial charge on any atom is 0.269 e. The molecule has 8 heteroatoms. The van der Waals surface area contributed by atoms with Gasteiger partial charge in [0.1, 0.15) is 5.69 Å². The first-order valence-electron chi connectivity index (χ1n) is 7.75. The molecular formula is C16H21Cl2N5O. The van der Waals surface area contributed by atoms with Crippen molar-refractivity contribution in [3.05, 3.63) is 41.0 Å². The molecule has 2 aromatic rings. The number of carbonyl (C=O) groups is 1. The molecule has 130 valence electrons. The van der Waals surface area contributed by atoms with E-state index in [-0.39, 0.29) is 18.3 Å². The highest BCUT2D eigenvalue weighted by molar-refractivity contribution is 6.33. The van der Waals surface area contributed by atoms with Crippen molar-refractivity contribution in [1.29, 1.82) is 0 Å². The Hall–Kier alpha value is -1.60. The minimum Gasteiger partial charge on any atom is -0.349 e. The number of H-pyrrole nitrogens is 1. The Bertz CT molecular complexity index is 670. The molecule has 0 saturated carbocycles. The minimum atomic E-state index is -0.147. The van der Waals surface area contributed by atoms with Crippen LogP contribution in [0.3, 0.4) is 0 Å². The van der Waals surface area contributed by atoms with Gasteiger partial charge in [0.15, 0.2) is 0 Å². The lowest BCUT2D eigenvalue weighted by Crippen LogP contribution is -2.46. The molecule has 0 unspecified atom stereocenters. The zero-order chi connectivity index (χ0) is 16.1. The molecule has 3 rings (SSSR count). The van der Waals surface area contributed by atoms with E-state index in [0.717, 1.165) is 38.3 Å². The third-order valence-corrected chi connectivity index (χ3v) is 4.23. The summed E-state index contributed by atoms with van der Waals surface area (Å²) in [6, 6.07) is 9.16. The summed E-state index contributed by atoms with van der Waals surface area (Å²) in [6.07, 6.45) is 0. The topological polar surface area (TPSA) is 73.1 Å². The van der Waals surface area contributed by atoms with Crippen LogP contribution in [0.25, 0.3) is 11.3 Å². The molecule has 0 spiro atoms. The zero-order valence-corrected chi connectivity index (χ0v) is 14.8. The van der Waals surface area contributed by atoms with Gasteiger partial charge in [-0.15, -0.1) is 12.4 Å². The van der Waals surface area contributed by atoms with E-state index in [1.165, 1.54) is 0 Å². The minimum absolute atomic E-state index is 0. The van der Waals surface area contributed by atoms with Crippen LogP contribution in [0.15, 0.2) is 30.3 Å². The van der Waals surface area contributed by atoms with E-state index in [2.05, 4.69) is 25.7 Å². The maximum atomic E-state index is 12.2. The number of piperazine rings is 1. The first-order chi connectivity index (χ1) is 11.2. The van der Waals surface area contributed by atoms with Crippen molar-refractivity contribution in [2.75, 3.05) is 39.3 Å². The van der Waals surface area contributed by atoms with Crippen molar-refractivity contribution in [3.8, 4) is 11.3 Å². The number of benzene rings is 1. The molecule has 1 aliphatic rings. The first kappa shape index (κ1) is 18.7. The van der Waals surface area contributed by atoms with Crippen molar-refractivity contribution in [2.45, 2.75) is 0 Å². The van der Waals surface area contributed by atoms with Gasteiger partial charge in [0.25, 0.3) is 5.91 Å². The number of aromatic nitrogens is 2. The molecule has 0 bridgehead atoms. The highest BCUT2D eigenvalue weighted by Crippen LogP contribution is 2.26. The van der Waals surface area contributed by atoms with Crippen molar-refractivity contribution in [2.24, 2.45) is 0 Å². The van der Waals surface area contributed by atoms with Gasteiger partial charge in [-0.05, 0) is 12.1 Å². The number of amides is 1. The highest BCUT2D eigenvalue weighted by Gasteiger charge is 2.13. The number of nitrogens with one attached hydrogen (secondary N) is 3. The molecule has 24 heavy (non-hydrogen) atoms. The van der Waals surface area contributed by atoms with Gasteiger partial charge in [-0.1, -0.05) is 29.8 Å². The van der Waals surface area contributed by atoms with Crippen molar-refractivity contribution >= 4 is 29.9 Å². The molecule has 1 aliphatic heterocycles. The molecule has 1 aromatic heterocycles. The third kappa shape index (κ3) is 4.70. The lowest BCUT2D eigenvalue weighted by atomic mass is 10.1. The first-order valence-corrected chi connectivity index (χ1v) is 8.13. The van der Waals surface area contributed by atoms with E-state index < -0.39 is 0 Å². The lowest BCUT2D eigenvalue weighted by molar-refractivity contribution is 0.0942. The van der Waals surface area contributed by atoms with Gasteiger partial charge < -0.3 is 10.6 Å². The van der Waals surface area contributed by atoms with Gasteiger partial charge in [-0.3, -0.25) is 14.8 Å². The lowest BCUT2D eigenvalue weighted by Gasteiger charge is -2.26. The maximum absolute atomic E-state index is 12.2. The number of hydrogen-bond donors (Lipinski definition) is 3. The summed E-state index contributed by atoms with van der Waals surface area (Å²) in [5.74, 6) is -0.147. The number of halogens is 2. The molecule has 1 aromatic carbocycles. The van der Waals surface area contributed by atoms with Gasteiger partial charge in [0.05, 0.1) is 10.7 Å². The van der Waals surface area contributed by atoms with Crippen molar-refractivity contribution in [1.82, 2.24) is 25.7 Å². The Balaban J connectivity index is 0.00000208. The molecule has 2 heterocycles. The average Bonchev–Trinajstić information content (AvgIpc) is 3.06. The van der Waals surface area contributed by atoms with Gasteiger partial charge in [0, 0.05) is 44.8 Å². The molecular weight excluding hydrogens is 349 g/mol. The van der Waals surface area contributed by atoms with Gasteiger partial charge >= 0.3 is 0 Å². The van der Waals surface area contributed by atoms with Crippen molar-refractivity contribution < 1.29 is 4.79 Å². The smallest absolute Gasteiger partial charge is 0.269 e. The number of carbonyl (C=O) groups excluding carboxylic acids is 1. The van der Waals surface area contributed by atoms with Gasteiger partial charge in [-0.25, -0.2) is 0 Å². The Morgan fingerprint density at radius 1 is 1.29 bits per heavy atom. The van der Waals surface area contributed by atoms with Crippen LogP contribution in [-0.4, -0.2) is 60.3 Å². The fraction of sp³-hybridized carbons (Fsp3) is 0.375. The second-order valence-corrected chi connectivity index (χ2v) is 5.90. The SMILES string of the molecule is Cl.O=C(NCCN1CCNCC1)c1cc(-c2ccccc2Cl)n[nH]1. The zero-order valence-electron chi connectivity index (χ0n) is 13.2. The van der Waals surface area contributed by atoms with Crippen molar-refractivity contribution in [3.63, 3.8) is 0 Å². The van der Waals surface area contributed by atoms with E-state index in [1.807, 2.05) is 18.2 Å². The molecule has 0 radical (unpaired) electrons. The Morgan fingerprint density at radius 2 is 2.04 bits per heavy atom. The van der Waals surface area contributed by atoms with Crippen LogP contribution in [-0.2, 0) is 0 Å². The van der Waals surface area contributed by atoms with Gasteiger partial charge in [-0.2, -0.15) is 5.10 Å². The summed E-state index contributed by atoms with van der Waals surface area (Å²) in [5.41, 5.74) is 1.92. The molecule has 1 amide bonds. The standard InChI is InChI=1S/C16H20ClN5O.ClH/c17-13-4-2-1-3-12(13)14-11-15(21-20-14)16(23)19-7-10-22-8-5-18-6-9-22;/h1-4,11,18H,5-10H2,(H,19,23)(H,20,21);1H. The van der Waals surface area contributed by atoms with Crippen LogP contribution < -0.4 is 10.6 Å². The van der Waals surface area contributed by atoms with E-state index in [1.54, 1.807) is 12.1 Å². The summed E-state index contributed by atoms with van der Waals surface area (Å²) < 4.78 is 0. The van der Waals surface area contributed by atoms with Crippen LogP contribution in [0.1, 0.15) is 10.5 Å².